The van der Waals surface area contributed by atoms with Gasteiger partial charge in [-0.1, -0.05) is 35.9 Å². The van der Waals surface area contributed by atoms with Crippen molar-refractivity contribution in [3.05, 3.63) is 63.7 Å². The lowest BCUT2D eigenvalue weighted by molar-refractivity contribution is 0.342. The Morgan fingerprint density at radius 3 is 2.90 bits per heavy atom. The van der Waals surface area contributed by atoms with E-state index in [1.54, 1.807) is 0 Å². The normalized spacial score (nSPS) is 20.2. The highest BCUT2D eigenvalue weighted by Crippen LogP contribution is 2.47. The van der Waals surface area contributed by atoms with E-state index in [2.05, 4.69) is 35.6 Å². The predicted octanol–water partition coefficient (Wildman–Crippen LogP) is 3.88. The Balaban J connectivity index is 1.76. The van der Waals surface area contributed by atoms with E-state index >= 15 is 0 Å². The quantitative estimate of drug-likeness (QED) is 0.929. The molecule has 0 radical (unpaired) electrons. The minimum Gasteiger partial charge on any atom is -0.493 e. The van der Waals surface area contributed by atoms with Crippen molar-refractivity contribution < 1.29 is 4.74 Å². The van der Waals surface area contributed by atoms with Gasteiger partial charge in [-0.15, -0.1) is 0 Å². The summed E-state index contributed by atoms with van der Waals surface area (Å²) in [7, 11) is 2.02. The van der Waals surface area contributed by atoms with E-state index in [4.69, 9.17) is 16.3 Å². The molecule has 4 rings (SSSR count). The number of nitrogens with one attached hydrogen (secondary N) is 1. The second kappa shape index (κ2) is 5.04. The summed E-state index contributed by atoms with van der Waals surface area (Å²) in [5.74, 6) is 1.54. The number of rotatable bonds is 3. The van der Waals surface area contributed by atoms with Crippen LogP contribution in [0.2, 0.25) is 5.02 Å². The molecule has 0 fully saturated rings. The van der Waals surface area contributed by atoms with E-state index in [1.165, 1.54) is 22.3 Å². The second-order valence-electron chi connectivity index (χ2n) is 5.86. The number of ether oxygens (including phenoxy) is 1. The lowest BCUT2D eigenvalue weighted by Crippen LogP contribution is -2.31. The highest BCUT2D eigenvalue weighted by atomic mass is 35.5. The first-order chi connectivity index (χ1) is 10.3. The fourth-order valence-corrected chi connectivity index (χ4v) is 3.95. The van der Waals surface area contributed by atoms with Gasteiger partial charge in [0, 0.05) is 29.0 Å². The molecule has 1 N–H and O–H groups in total. The van der Waals surface area contributed by atoms with E-state index in [0.717, 1.165) is 30.2 Å². The summed E-state index contributed by atoms with van der Waals surface area (Å²) in [6.45, 7) is 0.764. The summed E-state index contributed by atoms with van der Waals surface area (Å²) in [5.41, 5.74) is 5.35. The van der Waals surface area contributed by atoms with Crippen LogP contribution >= 0.6 is 11.6 Å². The molecule has 0 saturated heterocycles. The standard InChI is InChI=1S/C18H18ClNO/c1-20-17(15-9-11-4-2-3-5-14(11)15)16-10-13(19)8-12-6-7-21-18(12)16/h2-5,8,10,15,17,20H,6-7,9H2,1H3. The Morgan fingerprint density at radius 2 is 2.10 bits per heavy atom. The highest BCUT2D eigenvalue weighted by molar-refractivity contribution is 6.30. The SMILES string of the molecule is CNC(c1cc(Cl)cc2c1OCC2)C1Cc2ccccc21. The van der Waals surface area contributed by atoms with Crippen LogP contribution in [0.4, 0.5) is 0 Å². The first-order valence-electron chi connectivity index (χ1n) is 7.48. The average Bonchev–Trinajstić information content (AvgIpc) is 2.92. The van der Waals surface area contributed by atoms with Crippen molar-refractivity contribution in [1.82, 2.24) is 5.32 Å². The van der Waals surface area contributed by atoms with Crippen molar-refractivity contribution in [3.63, 3.8) is 0 Å². The maximum atomic E-state index is 6.31. The summed E-state index contributed by atoms with van der Waals surface area (Å²) in [4.78, 5) is 0. The van der Waals surface area contributed by atoms with E-state index in [0.29, 0.717) is 5.92 Å². The van der Waals surface area contributed by atoms with Crippen LogP contribution in [0.3, 0.4) is 0 Å². The first-order valence-corrected chi connectivity index (χ1v) is 7.86. The molecular formula is C18H18ClNO. The zero-order valence-electron chi connectivity index (χ0n) is 12.0. The Bertz CT molecular complexity index is 698. The summed E-state index contributed by atoms with van der Waals surface area (Å²) in [6.07, 6.45) is 2.07. The van der Waals surface area contributed by atoms with Gasteiger partial charge in [0.25, 0.3) is 0 Å². The summed E-state index contributed by atoms with van der Waals surface area (Å²) in [5, 5.41) is 4.29. The molecule has 0 spiro atoms. The summed E-state index contributed by atoms with van der Waals surface area (Å²) >= 11 is 6.31. The van der Waals surface area contributed by atoms with E-state index < -0.39 is 0 Å². The van der Waals surface area contributed by atoms with Gasteiger partial charge in [-0.2, -0.15) is 0 Å². The molecule has 0 saturated carbocycles. The van der Waals surface area contributed by atoms with Crippen molar-refractivity contribution >= 4 is 11.6 Å². The number of likely N-dealkylation sites (N-methyl/N-ethyl adjacent to an activating group) is 1. The van der Waals surface area contributed by atoms with Gasteiger partial charge in [-0.3, -0.25) is 0 Å². The molecule has 2 aromatic rings. The van der Waals surface area contributed by atoms with Crippen LogP contribution < -0.4 is 10.1 Å². The molecule has 2 unspecified atom stereocenters. The highest BCUT2D eigenvalue weighted by Gasteiger charge is 2.35. The Labute approximate surface area is 130 Å². The fourth-order valence-electron chi connectivity index (χ4n) is 3.70. The molecule has 2 nitrogen and oxygen atoms in total. The van der Waals surface area contributed by atoms with E-state index in [1.807, 2.05) is 13.1 Å². The van der Waals surface area contributed by atoms with Gasteiger partial charge in [-0.05, 0) is 42.3 Å². The van der Waals surface area contributed by atoms with Gasteiger partial charge in [0.15, 0.2) is 0 Å². The minimum absolute atomic E-state index is 0.255. The van der Waals surface area contributed by atoms with Crippen LogP contribution in [0, 0.1) is 0 Å². The van der Waals surface area contributed by atoms with Gasteiger partial charge in [0.1, 0.15) is 5.75 Å². The molecule has 1 aliphatic carbocycles. The first kappa shape index (κ1) is 13.2. The van der Waals surface area contributed by atoms with Crippen molar-refractivity contribution in [2.75, 3.05) is 13.7 Å². The van der Waals surface area contributed by atoms with Crippen molar-refractivity contribution in [3.8, 4) is 5.75 Å². The number of hydrogen-bond acceptors (Lipinski definition) is 2. The number of fused-ring (bicyclic) bond motifs is 2. The van der Waals surface area contributed by atoms with Gasteiger partial charge in [0.05, 0.1) is 6.61 Å². The molecule has 2 aliphatic rings. The smallest absolute Gasteiger partial charge is 0.127 e. The molecular weight excluding hydrogens is 282 g/mol. The molecule has 2 atom stereocenters. The van der Waals surface area contributed by atoms with Crippen molar-refractivity contribution in [2.24, 2.45) is 0 Å². The number of benzene rings is 2. The Morgan fingerprint density at radius 1 is 1.24 bits per heavy atom. The third kappa shape index (κ3) is 2.05. The van der Waals surface area contributed by atoms with Crippen LogP contribution in [0.15, 0.2) is 36.4 Å². The number of hydrogen-bond donors (Lipinski definition) is 1. The largest absolute Gasteiger partial charge is 0.493 e. The molecule has 0 bridgehead atoms. The fraction of sp³-hybridized carbons (Fsp3) is 0.333. The van der Waals surface area contributed by atoms with Crippen LogP contribution in [0.5, 0.6) is 5.75 Å². The topological polar surface area (TPSA) is 21.3 Å². The lowest BCUT2D eigenvalue weighted by Gasteiger charge is -2.37. The molecule has 21 heavy (non-hydrogen) atoms. The maximum absolute atomic E-state index is 6.31. The minimum atomic E-state index is 0.255. The third-order valence-electron chi connectivity index (χ3n) is 4.72. The molecule has 3 heteroatoms. The predicted molar refractivity (Wildman–Crippen MR) is 85.3 cm³/mol. The lowest BCUT2D eigenvalue weighted by atomic mass is 9.71. The second-order valence-corrected chi connectivity index (χ2v) is 6.29. The van der Waals surface area contributed by atoms with Crippen molar-refractivity contribution in [2.45, 2.75) is 24.8 Å². The van der Waals surface area contributed by atoms with Gasteiger partial charge >= 0.3 is 0 Å². The van der Waals surface area contributed by atoms with Crippen LogP contribution in [-0.2, 0) is 12.8 Å². The van der Waals surface area contributed by atoms with Crippen LogP contribution in [0.25, 0.3) is 0 Å². The van der Waals surface area contributed by atoms with Crippen molar-refractivity contribution in [1.29, 1.82) is 0 Å². The zero-order valence-corrected chi connectivity index (χ0v) is 12.8. The van der Waals surface area contributed by atoms with Gasteiger partial charge in [-0.25, -0.2) is 0 Å². The summed E-state index contributed by atoms with van der Waals surface area (Å²) in [6, 6.07) is 13.0. The van der Waals surface area contributed by atoms with Crippen LogP contribution in [-0.4, -0.2) is 13.7 Å². The Kier molecular flexibility index (Phi) is 3.16. The average molecular weight is 300 g/mol. The van der Waals surface area contributed by atoms with E-state index in [-0.39, 0.29) is 6.04 Å². The molecule has 108 valence electrons. The summed E-state index contributed by atoms with van der Waals surface area (Å²) < 4.78 is 5.88. The number of halogens is 1. The third-order valence-corrected chi connectivity index (χ3v) is 4.94. The molecule has 0 aromatic heterocycles. The molecule has 1 heterocycles. The molecule has 0 amide bonds. The monoisotopic (exact) mass is 299 g/mol. The zero-order chi connectivity index (χ0) is 14.4. The van der Waals surface area contributed by atoms with E-state index in [9.17, 15) is 0 Å². The molecule has 1 aliphatic heterocycles. The van der Waals surface area contributed by atoms with Crippen LogP contribution in [0.1, 0.15) is 34.2 Å². The Hall–Kier alpha value is -1.51. The molecule has 2 aromatic carbocycles. The van der Waals surface area contributed by atoms with Gasteiger partial charge in [0.2, 0.25) is 0 Å². The van der Waals surface area contributed by atoms with Gasteiger partial charge < -0.3 is 10.1 Å². The maximum Gasteiger partial charge on any atom is 0.127 e.